The molecular weight excluding hydrogens is 352 g/mol. The molecule has 1 aliphatic carbocycles. The molecule has 0 bridgehead atoms. The minimum Gasteiger partial charge on any atom is -0.360 e. The molecule has 0 saturated heterocycles. The van der Waals surface area contributed by atoms with Gasteiger partial charge in [0, 0.05) is 15.8 Å². The Bertz CT molecular complexity index is 591. The second kappa shape index (κ2) is 6.24. The zero-order chi connectivity index (χ0) is 14.0. The van der Waals surface area contributed by atoms with Gasteiger partial charge in [0.1, 0.15) is 0 Å². The minimum atomic E-state index is 0.413. The number of nitrogens with one attached hydrogen (secondary N) is 1. The number of thiazole rings is 1. The van der Waals surface area contributed by atoms with Gasteiger partial charge in [0.15, 0.2) is 5.13 Å². The molecule has 1 aromatic heterocycles. The number of anilines is 1. The van der Waals surface area contributed by atoms with Crippen molar-refractivity contribution in [3.8, 4) is 0 Å². The molecule has 3 rings (SSSR count). The van der Waals surface area contributed by atoms with E-state index in [9.17, 15) is 0 Å². The first kappa shape index (κ1) is 14.7. The van der Waals surface area contributed by atoms with Crippen LogP contribution in [0.5, 0.6) is 0 Å². The first-order valence-corrected chi connectivity index (χ1v) is 9.89. The van der Waals surface area contributed by atoms with Crippen LogP contribution >= 0.6 is 39.0 Å². The quantitative estimate of drug-likeness (QED) is 0.764. The zero-order valence-corrected chi connectivity index (χ0v) is 14.8. The Kier molecular flexibility index (Phi) is 4.58. The molecule has 0 atom stereocenters. The van der Waals surface area contributed by atoms with E-state index in [2.05, 4.69) is 50.7 Å². The summed E-state index contributed by atoms with van der Waals surface area (Å²) < 4.78 is 2.77. The maximum absolute atomic E-state index is 4.68. The number of nitrogens with zero attached hydrogens (tertiary/aromatic N) is 1. The highest BCUT2D eigenvalue weighted by Gasteiger charge is 2.31. The molecule has 1 aliphatic rings. The summed E-state index contributed by atoms with van der Waals surface area (Å²) in [5, 5.41) is 4.64. The molecule has 108 valence electrons. The Morgan fingerprint density at radius 3 is 2.90 bits per heavy atom. The normalized spacial score (nSPS) is 18.3. The van der Waals surface area contributed by atoms with E-state index in [0.29, 0.717) is 4.75 Å². The zero-order valence-electron chi connectivity index (χ0n) is 11.6. The number of thioether (sulfide) groups is 1. The fourth-order valence-electron chi connectivity index (χ4n) is 2.86. The molecule has 0 aliphatic heterocycles. The van der Waals surface area contributed by atoms with Gasteiger partial charge in [-0.15, -0.1) is 0 Å². The van der Waals surface area contributed by atoms with Crippen molar-refractivity contribution in [1.82, 2.24) is 4.98 Å². The van der Waals surface area contributed by atoms with E-state index >= 15 is 0 Å². The summed E-state index contributed by atoms with van der Waals surface area (Å²) in [4.78, 5) is 4.68. The number of fused-ring (bicyclic) bond motifs is 1. The lowest BCUT2D eigenvalue weighted by Crippen LogP contribution is -2.35. The first-order chi connectivity index (χ1) is 9.71. The van der Waals surface area contributed by atoms with Gasteiger partial charge in [-0.1, -0.05) is 46.5 Å². The third-order valence-electron chi connectivity index (χ3n) is 4.11. The van der Waals surface area contributed by atoms with Crippen LogP contribution in [-0.2, 0) is 0 Å². The molecule has 1 saturated carbocycles. The van der Waals surface area contributed by atoms with Crippen LogP contribution in [0.15, 0.2) is 22.7 Å². The van der Waals surface area contributed by atoms with Crippen LogP contribution in [0.25, 0.3) is 10.2 Å². The molecule has 0 unspecified atom stereocenters. The van der Waals surface area contributed by atoms with Gasteiger partial charge < -0.3 is 5.32 Å². The van der Waals surface area contributed by atoms with Crippen LogP contribution < -0.4 is 5.32 Å². The van der Waals surface area contributed by atoms with Gasteiger partial charge in [0.2, 0.25) is 0 Å². The molecule has 1 heterocycles. The van der Waals surface area contributed by atoms with Crippen molar-refractivity contribution in [1.29, 1.82) is 0 Å². The van der Waals surface area contributed by atoms with Crippen molar-refractivity contribution in [3.05, 3.63) is 22.7 Å². The fraction of sp³-hybridized carbons (Fsp3) is 0.533. The molecule has 1 fully saturated rings. The van der Waals surface area contributed by atoms with Gasteiger partial charge in [0.05, 0.1) is 10.2 Å². The molecule has 2 aromatic rings. The number of hydrogen-bond acceptors (Lipinski definition) is 4. The van der Waals surface area contributed by atoms with Crippen molar-refractivity contribution in [2.75, 3.05) is 18.1 Å². The lowest BCUT2D eigenvalue weighted by molar-refractivity contribution is 0.411. The molecule has 5 heteroatoms. The van der Waals surface area contributed by atoms with Crippen LogP contribution in [0.4, 0.5) is 5.13 Å². The smallest absolute Gasteiger partial charge is 0.183 e. The molecule has 1 aromatic carbocycles. The summed E-state index contributed by atoms with van der Waals surface area (Å²) in [5.74, 6) is 0. The van der Waals surface area contributed by atoms with Gasteiger partial charge in [0.25, 0.3) is 0 Å². The summed E-state index contributed by atoms with van der Waals surface area (Å²) in [6.45, 7) is 1.04. The standard InChI is InChI=1S/C15H19BrN2S2/c1-19-15(7-3-2-4-8-15)10-17-14-18-12-6-5-11(16)9-13(12)20-14/h5-6,9H,2-4,7-8,10H2,1H3,(H,17,18). The van der Waals surface area contributed by atoms with Gasteiger partial charge in [-0.2, -0.15) is 11.8 Å². The third kappa shape index (κ3) is 3.15. The van der Waals surface area contributed by atoms with Crippen LogP contribution in [-0.4, -0.2) is 22.5 Å². The Balaban J connectivity index is 1.72. The predicted octanol–water partition coefficient (Wildman–Crippen LogP) is 5.54. The maximum Gasteiger partial charge on any atom is 0.183 e. The van der Waals surface area contributed by atoms with E-state index in [0.717, 1.165) is 21.7 Å². The highest BCUT2D eigenvalue weighted by atomic mass is 79.9. The Morgan fingerprint density at radius 1 is 1.35 bits per heavy atom. The summed E-state index contributed by atoms with van der Waals surface area (Å²) in [6.07, 6.45) is 9.06. The fourth-order valence-corrected chi connectivity index (χ4v) is 5.19. The van der Waals surface area contributed by atoms with Crippen molar-refractivity contribution in [2.24, 2.45) is 0 Å². The summed E-state index contributed by atoms with van der Waals surface area (Å²) >= 11 is 7.29. The average Bonchev–Trinajstić information content (AvgIpc) is 2.88. The lowest BCUT2D eigenvalue weighted by atomic mass is 9.88. The third-order valence-corrected chi connectivity index (χ3v) is 7.00. The van der Waals surface area contributed by atoms with Gasteiger partial charge in [-0.3, -0.25) is 0 Å². The predicted molar refractivity (Wildman–Crippen MR) is 95.1 cm³/mol. The van der Waals surface area contributed by atoms with Crippen LogP contribution in [0, 0.1) is 0 Å². The number of rotatable bonds is 4. The van der Waals surface area contributed by atoms with Crippen LogP contribution in [0.2, 0.25) is 0 Å². The summed E-state index contributed by atoms with van der Waals surface area (Å²) in [7, 11) is 0. The Hall–Kier alpha value is -0.260. The highest BCUT2D eigenvalue weighted by molar-refractivity contribution is 9.10. The van der Waals surface area contributed by atoms with Gasteiger partial charge in [-0.25, -0.2) is 4.98 Å². The molecule has 0 radical (unpaired) electrons. The van der Waals surface area contributed by atoms with Crippen LogP contribution in [0.3, 0.4) is 0 Å². The van der Waals surface area contributed by atoms with E-state index in [-0.39, 0.29) is 0 Å². The van der Waals surface area contributed by atoms with Crippen LogP contribution in [0.1, 0.15) is 32.1 Å². The first-order valence-electron chi connectivity index (χ1n) is 7.06. The maximum atomic E-state index is 4.68. The van der Waals surface area contributed by atoms with E-state index in [4.69, 9.17) is 0 Å². The molecule has 20 heavy (non-hydrogen) atoms. The molecule has 2 nitrogen and oxygen atoms in total. The number of hydrogen-bond donors (Lipinski definition) is 1. The van der Waals surface area contributed by atoms with Crippen molar-refractivity contribution >= 4 is 54.4 Å². The van der Waals surface area contributed by atoms with E-state index in [1.165, 1.54) is 36.8 Å². The number of aromatic nitrogens is 1. The second-order valence-electron chi connectivity index (χ2n) is 5.43. The van der Waals surface area contributed by atoms with Crippen molar-refractivity contribution in [2.45, 2.75) is 36.9 Å². The lowest BCUT2D eigenvalue weighted by Gasteiger charge is -2.35. The molecule has 1 N–H and O–H groups in total. The monoisotopic (exact) mass is 370 g/mol. The second-order valence-corrected chi connectivity index (χ2v) is 8.65. The summed E-state index contributed by atoms with van der Waals surface area (Å²) in [5.41, 5.74) is 1.09. The molecular formula is C15H19BrN2S2. The van der Waals surface area contributed by atoms with E-state index < -0.39 is 0 Å². The van der Waals surface area contributed by atoms with Gasteiger partial charge in [-0.05, 0) is 37.3 Å². The summed E-state index contributed by atoms with van der Waals surface area (Å²) in [6, 6.07) is 6.27. The minimum absolute atomic E-state index is 0.413. The topological polar surface area (TPSA) is 24.9 Å². The average molecular weight is 371 g/mol. The molecule has 0 amide bonds. The number of halogens is 1. The van der Waals surface area contributed by atoms with Gasteiger partial charge >= 0.3 is 0 Å². The van der Waals surface area contributed by atoms with Crippen molar-refractivity contribution < 1.29 is 0 Å². The molecule has 0 spiro atoms. The SMILES string of the molecule is CSC1(CNc2nc3ccc(Br)cc3s2)CCCCC1. The van der Waals surface area contributed by atoms with E-state index in [1.54, 1.807) is 11.3 Å². The van der Waals surface area contributed by atoms with Crippen molar-refractivity contribution in [3.63, 3.8) is 0 Å². The highest BCUT2D eigenvalue weighted by Crippen LogP contribution is 2.39. The Labute approximate surface area is 136 Å². The van der Waals surface area contributed by atoms with E-state index in [1.807, 2.05) is 11.8 Å². The Morgan fingerprint density at radius 2 is 2.15 bits per heavy atom. The largest absolute Gasteiger partial charge is 0.360 e. The number of benzene rings is 1.